The van der Waals surface area contributed by atoms with E-state index in [1.54, 1.807) is 0 Å². The van der Waals surface area contributed by atoms with E-state index in [4.69, 9.17) is 10.2 Å². The van der Waals surface area contributed by atoms with E-state index in [0.29, 0.717) is 6.42 Å². The molecule has 1 saturated carbocycles. The highest BCUT2D eigenvalue weighted by molar-refractivity contribution is 8.00. The summed E-state index contributed by atoms with van der Waals surface area (Å²) in [4.78, 5) is 33.7. The van der Waals surface area contributed by atoms with Gasteiger partial charge < -0.3 is 20.6 Å². The number of hydrogen-bond donors (Lipinski definition) is 4. The number of aliphatic hydroxyl groups is 1. The van der Waals surface area contributed by atoms with Crippen molar-refractivity contribution in [3.05, 3.63) is 11.6 Å². The van der Waals surface area contributed by atoms with Crippen LogP contribution in [0.3, 0.4) is 0 Å². The van der Waals surface area contributed by atoms with Crippen molar-refractivity contribution in [1.82, 2.24) is 5.32 Å². The highest BCUT2D eigenvalue weighted by Crippen LogP contribution is 2.38. The van der Waals surface area contributed by atoms with Crippen LogP contribution in [-0.4, -0.2) is 56.8 Å². The Kier molecular flexibility index (Phi) is 16.8. The summed E-state index contributed by atoms with van der Waals surface area (Å²) in [6.45, 7) is 1.81. The summed E-state index contributed by atoms with van der Waals surface area (Å²) in [5.41, 5.74) is 1.08. The molecule has 1 aliphatic carbocycles. The van der Waals surface area contributed by atoms with E-state index < -0.39 is 30.5 Å². The van der Waals surface area contributed by atoms with E-state index in [1.807, 2.05) is 0 Å². The van der Waals surface area contributed by atoms with Gasteiger partial charge in [-0.05, 0) is 31.6 Å². The van der Waals surface area contributed by atoms with Crippen LogP contribution in [0.1, 0.15) is 103 Å². The number of carbonyl (C=O) groups excluding carboxylic acids is 1. The van der Waals surface area contributed by atoms with Crippen LogP contribution in [0.5, 0.6) is 0 Å². The monoisotopic (exact) mass is 499 g/mol. The number of hydrogen-bond acceptors (Lipinski definition) is 5. The fourth-order valence-corrected chi connectivity index (χ4v) is 5.77. The molecule has 3 atom stereocenters. The zero-order valence-electron chi connectivity index (χ0n) is 20.8. The van der Waals surface area contributed by atoms with Crippen LogP contribution in [-0.2, 0) is 14.4 Å². The lowest BCUT2D eigenvalue weighted by molar-refractivity contribution is -0.139. The minimum Gasteiger partial charge on any atom is -0.481 e. The van der Waals surface area contributed by atoms with E-state index in [0.717, 1.165) is 24.8 Å². The molecule has 4 N–H and O–H groups in total. The highest BCUT2D eigenvalue weighted by Gasteiger charge is 2.36. The lowest BCUT2D eigenvalue weighted by Crippen LogP contribution is -2.39. The molecule has 0 radical (unpaired) electrons. The fourth-order valence-electron chi connectivity index (χ4n) is 4.49. The van der Waals surface area contributed by atoms with Crippen molar-refractivity contribution in [1.29, 1.82) is 0 Å². The molecule has 196 valence electrons. The van der Waals surface area contributed by atoms with Crippen molar-refractivity contribution in [2.45, 2.75) is 115 Å². The Morgan fingerprint density at radius 3 is 2.09 bits per heavy atom. The number of aliphatic carboxylic acids is 2. The van der Waals surface area contributed by atoms with Gasteiger partial charge in [0.25, 0.3) is 0 Å². The number of carboxylic acids is 2. The number of rotatable bonds is 19. The van der Waals surface area contributed by atoms with Crippen molar-refractivity contribution in [3.63, 3.8) is 0 Å². The third-order valence-electron chi connectivity index (χ3n) is 6.44. The molecule has 0 aromatic heterocycles. The fraction of sp³-hybridized carbons (Fsp3) is 0.808. The standard InChI is InChI=1S/C26H45NO6S/c1-2-3-4-5-6-7-8-9-10-11-12-13-14-20-15-16-21(17-23(29)30)25(33)26(20)34-19-22(28)27-18-24(31)32/h14,21,25-26,33H,2-13,15-19H2,1H3,(H,27,28)(H,29,30)(H,31,32)/t21-,25-,26-/m0/s1. The van der Waals surface area contributed by atoms with E-state index >= 15 is 0 Å². The van der Waals surface area contributed by atoms with Crippen molar-refractivity contribution in [2.75, 3.05) is 12.3 Å². The summed E-state index contributed by atoms with van der Waals surface area (Å²) in [6, 6.07) is 0. The van der Waals surface area contributed by atoms with E-state index in [-0.39, 0.29) is 23.3 Å². The zero-order chi connectivity index (χ0) is 25.2. The maximum atomic E-state index is 11.9. The maximum Gasteiger partial charge on any atom is 0.322 e. The van der Waals surface area contributed by atoms with Crippen LogP contribution in [0.4, 0.5) is 0 Å². The Labute approximate surface area is 209 Å². The summed E-state index contributed by atoms with van der Waals surface area (Å²) in [5, 5.41) is 30.7. The lowest BCUT2D eigenvalue weighted by Gasteiger charge is -2.36. The van der Waals surface area contributed by atoms with Gasteiger partial charge in [-0.15, -0.1) is 11.8 Å². The average Bonchev–Trinajstić information content (AvgIpc) is 2.79. The number of aliphatic hydroxyl groups excluding tert-OH is 1. The van der Waals surface area contributed by atoms with Gasteiger partial charge in [-0.2, -0.15) is 0 Å². The van der Waals surface area contributed by atoms with Gasteiger partial charge >= 0.3 is 11.9 Å². The highest BCUT2D eigenvalue weighted by atomic mass is 32.2. The molecule has 0 bridgehead atoms. The van der Waals surface area contributed by atoms with Crippen LogP contribution in [0.15, 0.2) is 11.6 Å². The number of thioether (sulfide) groups is 1. The van der Waals surface area contributed by atoms with Gasteiger partial charge in [0.15, 0.2) is 0 Å². The Balaban J connectivity index is 2.42. The predicted octanol–water partition coefficient (Wildman–Crippen LogP) is 5.16. The van der Waals surface area contributed by atoms with Crippen molar-refractivity contribution < 1.29 is 29.7 Å². The summed E-state index contributed by atoms with van der Waals surface area (Å²) >= 11 is 1.27. The Morgan fingerprint density at radius 1 is 0.941 bits per heavy atom. The molecular weight excluding hydrogens is 454 g/mol. The smallest absolute Gasteiger partial charge is 0.322 e. The molecule has 1 fully saturated rings. The summed E-state index contributed by atoms with van der Waals surface area (Å²) in [7, 11) is 0. The van der Waals surface area contributed by atoms with Crippen molar-refractivity contribution >= 4 is 29.6 Å². The number of amides is 1. The first kappa shape index (κ1) is 30.5. The molecule has 0 unspecified atom stereocenters. The normalized spacial score (nSPS) is 21.5. The number of unbranched alkanes of at least 4 members (excludes halogenated alkanes) is 11. The zero-order valence-corrected chi connectivity index (χ0v) is 21.6. The van der Waals surface area contributed by atoms with Crippen LogP contribution in [0, 0.1) is 5.92 Å². The minimum atomic E-state index is -1.11. The molecule has 0 aliphatic heterocycles. The maximum absolute atomic E-state index is 11.9. The third-order valence-corrected chi connectivity index (χ3v) is 7.81. The minimum absolute atomic E-state index is 0.0323. The van der Waals surface area contributed by atoms with Crippen molar-refractivity contribution in [2.24, 2.45) is 5.92 Å². The molecule has 0 aromatic carbocycles. The van der Waals surface area contributed by atoms with Gasteiger partial charge in [-0.3, -0.25) is 14.4 Å². The van der Waals surface area contributed by atoms with Gasteiger partial charge in [0.2, 0.25) is 5.91 Å². The molecule has 34 heavy (non-hydrogen) atoms. The number of allylic oxidation sites excluding steroid dienone is 1. The molecule has 7 nitrogen and oxygen atoms in total. The van der Waals surface area contributed by atoms with Crippen molar-refractivity contribution in [3.8, 4) is 0 Å². The SMILES string of the molecule is CCCCCCCCCCCCCC=C1CC[C@@H](CC(=O)O)[C@H](O)[C@H]1SCC(=O)NCC(=O)O. The van der Waals surface area contributed by atoms with Gasteiger partial charge in [0.05, 0.1) is 23.5 Å². The Hall–Kier alpha value is -1.54. The van der Waals surface area contributed by atoms with Gasteiger partial charge in [-0.25, -0.2) is 0 Å². The molecule has 1 aliphatic rings. The second-order valence-corrected chi connectivity index (χ2v) is 10.5. The first-order valence-electron chi connectivity index (χ1n) is 13.0. The van der Waals surface area contributed by atoms with Crippen LogP contribution in [0.25, 0.3) is 0 Å². The van der Waals surface area contributed by atoms with Crippen LogP contribution < -0.4 is 5.32 Å². The van der Waals surface area contributed by atoms with Gasteiger partial charge in [-0.1, -0.05) is 82.8 Å². The Bertz CT molecular complexity index is 639. The number of carbonyl (C=O) groups is 3. The molecule has 0 spiro atoms. The van der Waals surface area contributed by atoms with Crippen LogP contribution in [0.2, 0.25) is 0 Å². The molecular formula is C26H45NO6S. The first-order valence-corrected chi connectivity index (χ1v) is 14.1. The average molecular weight is 500 g/mol. The molecule has 8 heteroatoms. The molecule has 0 aromatic rings. The molecule has 1 rings (SSSR count). The largest absolute Gasteiger partial charge is 0.481 e. The number of nitrogens with one attached hydrogen (secondary N) is 1. The first-order chi connectivity index (χ1) is 16.3. The van der Waals surface area contributed by atoms with Gasteiger partial charge in [0, 0.05) is 0 Å². The predicted molar refractivity (Wildman–Crippen MR) is 137 cm³/mol. The molecule has 0 saturated heterocycles. The van der Waals surface area contributed by atoms with E-state index in [1.165, 1.54) is 76.0 Å². The lowest BCUT2D eigenvalue weighted by atomic mass is 9.80. The molecule has 1 amide bonds. The topological polar surface area (TPSA) is 124 Å². The summed E-state index contributed by atoms with van der Waals surface area (Å²) in [5.74, 6) is -2.74. The quantitative estimate of drug-likeness (QED) is 0.143. The van der Waals surface area contributed by atoms with E-state index in [2.05, 4.69) is 18.3 Å². The molecule has 0 heterocycles. The summed E-state index contributed by atoms with van der Waals surface area (Å²) in [6.07, 6.45) is 17.7. The van der Waals surface area contributed by atoms with Crippen LogP contribution >= 0.6 is 11.8 Å². The number of carboxylic acid groups (broad SMARTS) is 2. The van der Waals surface area contributed by atoms with Gasteiger partial charge in [0.1, 0.15) is 6.54 Å². The second kappa shape index (κ2) is 18.7. The van der Waals surface area contributed by atoms with E-state index in [9.17, 15) is 19.5 Å². The third kappa shape index (κ3) is 14.0. The summed E-state index contributed by atoms with van der Waals surface area (Å²) < 4.78 is 0. The second-order valence-electron chi connectivity index (χ2n) is 9.39. The Morgan fingerprint density at radius 2 is 1.53 bits per heavy atom.